The first-order valence-electron chi connectivity index (χ1n) is 20.9. The van der Waals surface area contributed by atoms with Gasteiger partial charge in [-0.1, -0.05) is 128 Å². The summed E-state index contributed by atoms with van der Waals surface area (Å²) < 4.78 is 12.9. The van der Waals surface area contributed by atoms with Crippen molar-refractivity contribution in [3.8, 4) is 11.5 Å². The Morgan fingerprint density at radius 3 is 2.06 bits per heavy atom. The molecule has 0 spiro atoms. The zero-order valence-corrected chi connectivity index (χ0v) is 35.8. The maximum atomic E-state index is 13.1. The van der Waals surface area contributed by atoms with Crippen molar-refractivity contribution in [3.05, 3.63) is 81.0 Å². The van der Waals surface area contributed by atoms with Crippen molar-refractivity contribution in [2.24, 2.45) is 23.2 Å². The van der Waals surface area contributed by atoms with Gasteiger partial charge in [-0.3, -0.25) is 0 Å². The Kier molecular flexibility index (Phi) is 16.8. The van der Waals surface area contributed by atoms with E-state index in [4.69, 9.17) is 9.47 Å². The Bertz CT molecular complexity index is 1510. The molecular formula is C49H76O3. The maximum absolute atomic E-state index is 13.1. The molecule has 0 aromatic heterocycles. The molecule has 0 N–H and O–H groups in total. The molecule has 3 atom stereocenters. The normalized spacial score (nSPS) is 20.8. The number of hydrogen-bond donors (Lipinski definition) is 0. The van der Waals surface area contributed by atoms with Crippen LogP contribution in [0.3, 0.4) is 0 Å². The zero-order valence-electron chi connectivity index (χ0n) is 35.8. The topological polar surface area (TPSA) is 35.5 Å². The third kappa shape index (κ3) is 13.2. The first kappa shape index (κ1) is 43.6. The molecule has 290 valence electrons. The van der Waals surface area contributed by atoms with Gasteiger partial charge in [0.1, 0.15) is 17.1 Å². The highest BCUT2D eigenvalue weighted by Crippen LogP contribution is 2.45. The van der Waals surface area contributed by atoms with Gasteiger partial charge in [-0.2, -0.15) is 0 Å². The minimum atomic E-state index is -0.341. The third-order valence-electron chi connectivity index (χ3n) is 12.2. The molecule has 0 bridgehead atoms. The summed E-state index contributed by atoms with van der Waals surface area (Å²) in [5.41, 5.74) is 9.38. The number of ether oxygens (including phenoxy) is 2. The molecule has 1 aromatic carbocycles. The van der Waals surface area contributed by atoms with Crippen LogP contribution in [0.5, 0.6) is 11.5 Å². The summed E-state index contributed by atoms with van der Waals surface area (Å²) >= 11 is 0. The minimum absolute atomic E-state index is 0.156. The maximum Gasteiger partial charge on any atom is 0.336 e. The average molecular weight is 713 g/mol. The van der Waals surface area contributed by atoms with Crippen molar-refractivity contribution in [2.75, 3.05) is 0 Å². The van der Waals surface area contributed by atoms with Gasteiger partial charge in [0.2, 0.25) is 0 Å². The summed E-state index contributed by atoms with van der Waals surface area (Å²) in [5, 5.41) is 0. The van der Waals surface area contributed by atoms with E-state index in [1.54, 1.807) is 6.08 Å². The lowest BCUT2D eigenvalue weighted by Gasteiger charge is -2.38. The van der Waals surface area contributed by atoms with Gasteiger partial charge in [-0.05, 0) is 144 Å². The van der Waals surface area contributed by atoms with Gasteiger partial charge >= 0.3 is 5.97 Å². The molecule has 3 unspecified atom stereocenters. The molecule has 1 aliphatic heterocycles. The van der Waals surface area contributed by atoms with E-state index in [0.717, 1.165) is 65.0 Å². The smallest absolute Gasteiger partial charge is 0.336 e. The van der Waals surface area contributed by atoms with E-state index in [9.17, 15) is 4.79 Å². The number of benzene rings is 1. The Balaban J connectivity index is 1.54. The van der Waals surface area contributed by atoms with Gasteiger partial charge < -0.3 is 9.47 Å². The Morgan fingerprint density at radius 2 is 1.42 bits per heavy atom. The summed E-state index contributed by atoms with van der Waals surface area (Å²) in [6, 6.07) is 0. The van der Waals surface area contributed by atoms with Gasteiger partial charge in [0.25, 0.3) is 0 Å². The predicted molar refractivity (Wildman–Crippen MR) is 224 cm³/mol. The van der Waals surface area contributed by atoms with Crippen molar-refractivity contribution < 1.29 is 14.3 Å². The van der Waals surface area contributed by atoms with Crippen LogP contribution in [0.2, 0.25) is 0 Å². The molecule has 2 aliphatic rings. The van der Waals surface area contributed by atoms with Crippen molar-refractivity contribution in [2.45, 2.75) is 186 Å². The summed E-state index contributed by atoms with van der Waals surface area (Å²) in [4.78, 5) is 13.1. The molecule has 1 aliphatic carbocycles. The van der Waals surface area contributed by atoms with E-state index in [1.807, 2.05) is 19.1 Å². The van der Waals surface area contributed by atoms with Crippen LogP contribution < -0.4 is 9.47 Å². The Labute approximate surface area is 320 Å². The number of allylic oxidation sites excluding steroid dienone is 9. The second kappa shape index (κ2) is 20.0. The van der Waals surface area contributed by atoms with Crippen LogP contribution in [-0.2, 0) is 11.2 Å². The summed E-state index contributed by atoms with van der Waals surface area (Å²) in [6.07, 6.45) is 29.5. The van der Waals surface area contributed by atoms with Crippen LogP contribution >= 0.6 is 0 Å². The molecule has 0 saturated heterocycles. The summed E-state index contributed by atoms with van der Waals surface area (Å²) in [5.74, 6) is 3.80. The molecule has 3 nitrogen and oxygen atoms in total. The SMILES string of the molecule is CC1=C(/C=C/C(C)=C\C=C\C(C)=C/C(=O)Oc2c(C)c(C)c3c(c2C)CCC(C)(CCCC(C)CCCC(C)CCCC(C)C)O3)C(C)(C)CCC1. The quantitative estimate of drug-likeness (QED) is 0.0658. The van der Waals surface area contributed by atoms with Crippen LogP contribution in [0.25, 0.3) is 0 Å². The predicted octanol–water partition coefficient (Wildman–Crippen LogP) is 14.6. The van der Waals surface area contributed by atoms with Crippen molar-refractivity contribution in [3.63, 3.8) is 0 Å². The van der Waals surface area contributed by atoms with E-state index < -0.39 is 0 Å². The van der Waals surface area contributed by atoms with Crippen LogP contribution in [0.1, 0.15) is 175 Å². The molecule has 1 aromatic rings. The van der Waals surface area contributed by atoms with E-state index in [0.29, 0.717) is 5.75 Å². The summed E-state index contributed by atoms with van der Waals surface area (Å²) in [6.45, 7) is 29.1. The van der Waals surface area contributed by atoms with E-state index in [-0.39, 0.29) is 17.0 Å². The number of fused-ring (bicyclic) bond motifs is 1. The highest BCUT2D eigenvalue weighted by molar-refractivity contribution is 5.86. The first-order valence-corrected chi connectivity index (χ1v) is 20.9. The third-order valence-corrected chi connectivity index (χ3v) is 12.2. The number of carbonyl (C=O) groups excluding carboxylic acids is 1. The Morgan fingerprint density at radius 1 is 0.788 bits per heavy atom. The standard InChI is InChI=1S/C49H76O3/c1-34(2)19-14-20-35(3)21-15-22-36(4)25-17-31-49(13)32-29-43-42(10)46(40(8)41(9)47(43)52-49)51-45(50)33-38(6)24-16-23-37(5)27-28-44-39(7)26-18-30-48(44,11)12/h16,23-24,27-28,33-36H,14-15,17-22,25-26,29-32H2,1-13H3/b24-16+,28-27+,37-23-,38-33-. The molecule has 3 rings (SSSR count). The van der Waals surface area contributed by atoms with E-state index >= 15 is 0 Å². The molecule has 52 heavy (non-hydrogen) atoms. The van der Waals surface area contributed by atoms with Gasteiger partial charge in [0.15, 0.2) is 0 Å². The average Bonchev–Trinajstić information content (AvgIpc) is 3.05. The second-order valence-electron chi connectivity index (χ2n) is 18.3. The lowest BCUT2D eigenvalue weighted by atomic mass is 9.72. The fourth-order valence-corrected chi connectivity index (χ4v) is 8.41. The number of rotatable bonds is 18. The Hall–Kier alpha value is -2.81. The first-order chi connectivity index (χ1) is 24.4. The van der Waals surface area contributed by atoms with Gasteiger partial charge in [0, 0.05) is 11.6 Å². The van der Waals surface area contributed by atoms with Crippen LogP contribution in [0.4, 0.5) is 0 Å². The number of esters is 1. The van der Waals surface area contributed by atoms with Crippen LogP contribution in [-0.4, -0.2) is 11.6 Å². The fourth-order valence-electron chi connectivity index (χ4n) is 8.41. The number of carbonyl (C=O) groups is 1. The van der Waals surface area contributed by atoms with Gasteiger partial charge in [-0.15, -0.1) is 0 Å². The van der Waals surface area contributed by atoms with E-state index in [2.05, 4.69) is 101 Å². The second-order valence-corrected chi connectivity index (χ2v) is 18.3. The lowest BCUT2D eigenvalue weighted by Crippen LogP contribution is -2.37. The van der Waals surface area contributed by atoms with Crippen LogP contribution in [0.15, 0.2) is 58.7 Å². The molecule has 0 radical (unpaired) electrons. The lowest BCUT2D eigenvalue weighted by molar-refractivity contribution is -0.129. The molecule has 0 saturated carbocycles. The molecule has 0 fully saturated rings. The van der Waals surface area contributed by atoms with Gasteiger partial charge in [-0.25, -0.2) is 4.79 Å². The van der Waals surface area contributed by atoms with Crippen molar-refractivity contribution in [1.82, 2.24) is 0 Å². The monoisotopic (exact) mass is 713 g/mol. The largest absolute Gasteiger partial charge is 0.487 e. The molecule has 3 heteroatoms. The zero-order chi connectivity index (χ0) is 38.6. The fraction of sp³-hybridized carbons (Fsp3) is 0.653. The number of hydrogen-bond acceptors (Lipinski definition) is 3. The molecule has 0 amide bonds. The van der Waals surface area contributed by atoms with Gasteiger partial charge in [0.05, 0.1) is 0 Å². The highest BCUT2D eigenvalue weighted by atomic mass is 16.5. The van der Waals surface area contributed by atoms with Crippen molar-refractivity contribution >= 4 is 5.97 Å². The molecular weight excluding hydrogens is 637 g/mol. The molecule has 1 heterocycles. The van der Waals surface area contributed by atoms with Crippen LogP contribution in [0, 0.1) is 43.9 Å². The summed E-state index contributed by atoms with van der Waals surface area (Å²) in [7, 11) is 0. The van der Waals surface area contributed by atoms with E-state index in [1.165, 1.54) is 92.9 Å². The highest BCUT2D eigenvalue weighted by Gasteiger charge is 2.35. The minimum Gasteiger partial charge on any atom is -0.487 e. The van der Waals surface area contributed by atoms with Crippen molar-refractivity contribution in [1.29, 1.82) is 0 Å².